The number of carbonyl (C=O) groups is 1. The quantitative estimate of drug-likeness (QED) is 0.911. The van der Waals surface area contributed by atoms with Crippen LogP contribution >= 0.6 is 0 Å². The molecule has 2 rings (SSSR count). The van der Waals surface area contributed by atoms with E-state index in [0.717, 1.165) is 0 Å². The van der Waals surface area contributed by atoms with Crippen LogP contribution in [0.3, 0.4) is 0 Å². The molecule has 5 heteroatoms. The van der Waals surface area contributed by atoms with Gasteiger partial charge in [-0.25, -0.2) is 9.18 Å². The van der Waals surface area contributed by atoms with Crippen LogP contribution in [-0.2, 0) is 6.61 Å². The van der Waals surface area contributed by atoms with Gasteiger partial charge in [0.05, 0.1) is 7.11 Å². The van der Waals surface area contributed by atoms with Crippen molar-refractivity contribution in [2.75, 3.05) is 7.11 Å². The lowest BCUT2D eigenvalue weighted by Crippen LogP contribution is -2.04. The fourth-order valence-corrected chi connectivity index (χ4v) is 1.72. The van der Waals surface area contributed by atoms with E-state index >= 15 is 0 Å². The Hall–Kier alpha value is -2.56. The zero-order valence-corrected chi connectivity index (χ0v) is 10.8. The number of carboxylic acid groups (broad SMARTS) is 1. The molecule has 0 aliphatic carbocycles. The van der Waals surface area contributed by atoms with Crippen molar-refractivity contribution in [2.24, 2.45) is 0 Å². The summed E-state index contributed by atoms with van der Waals surface area (Å²) in [5.74, 6) is -0.833. The maximum atomic E-state index is 13.0. The summed E-state index contributed by atoms with van der Waals surface area (Å²) < 4.78 is 23.4. The topological polar surface area (TPSA) is 55.8 Å². The molecule has 0 aliphatic rings. The highest BCUT2D eigenvalue weighted by molar-refractivity contribution is 5.91. The fraction of sp³-hybridized carbons (Fsp3) is 0.133. The molecule has 2 aromatic carbocycles. The standard InChI is InChI=1S/C15H13FO4/c1-19-12-5-6-14(13(8-12)15(17)18)20-9-10-3-2-4-11(16)7-10/h2-8H,9H2,1H3,(H,17,18). The minimum absolute atomic E-state index is 0.000697. The molecule has 0 saturated carbocycles. The van der Waals surface area contributed by atoms with E-state index in [2.05, 4.69) is 0 Å². The van der Waals surface area contributed by atoms with E-state index in [4.69, 9.17) is 14.6 Å². The first-order valence-electron chi connectivity index (χ1n) is 5.88. The van der Waals surface area contributed by atoms with Gasteiger partial charge < -0.3 is 14.6 Å². The Balaban J connectivity index is 2.18. The molecule has 104 valence electrons. The van der Waals surface area contributed by atoms with Gasteiger partial charge in [0.25, 0.3) is 0 Å². The molecule has 0 aliphatic heterocycles. The lowest BCUT2D eigenvalue weighted by atomic mass is 10.2. The summed E-state index contributed by atoms with van der Waals surface area (Å²) in [5, 5.41) is 9.13. The molecule has 4 nitrogen and oxygen atoms in total. The van der Waals surface area contributed by atoms with E-state index in [9.17, 15) is 9.18 Å². The molecule has 0 radical (unpaired) electrons. The van der Waals surface area contributed by atoms with Crippen molar-refractivity contribution in [3.8, 4) is 11.5 Å². The normalized spacial score (nSPS) is 10.1. The number of halogens is 1. The smallest absolute Gasteiger partial charge is 0.339 e. The maximum Gasteiger partial charge on any atom is 0.339 e. The van der Waals surface area contributed by atoms with Crippen molar-refractivity contribution < 1.29 is 23.8 Å². The van der Waals surface area contributed by atoms with Crippen LogP contribution in [0.1, 0.15) is 15.9 Å². The number of methoxy groups -OCH3 is 1. The van der Waals surface area contributed by atoms with Crippen LogP contribution < -0.4 is 9.47 Å². The molecule has 0 amide bonds. The van der Waals surface area contributed by atoms with Gasteiger partial charge in [0.1, 0.15) is 29.5 Å². The third-order valence-electron chi connectivity index (χ3n) is 2.70. The Labute approximate surface area is 115 Å². The second-order valence-corrected chi connectivity index (χ2v) is 4.09. The van der Waals surface area contributed by atoms with E-state index in [-0.39, 0.29) is 23.7 Å². The zero-order valence-electron chi connectivity index (χ0n) is 10.8. The summed E-state index contributed by atoms with van der Waals surface area (Å²) in [6.07, 6.45) is 0. The molecule has 0 fully saturated rings. The number of benzene rings is 2. The molecular formula is C15H13FO4. The minimum atomic E-state index is -1.11. The number of hydrogen-bond donors (Lipinski definition) is 1. The Morgan fingerprint density at radius 2 is 2.05 bits per heavy atom. The Morgan fingerprint density at radius 1 is 1.25 bits per heavy atom. The lowest BCUT2D eigenvalue weighted by molar-refractivity contribution is 0.0691. The van der Waals surface area contributed by atoms with E-state index in [1.54, 1.807) is 18.2 Å². The second kappa shape index (κ2) is 6.06. The first-order chi connectivity index (χ1) is 9.60. The second-order valence-electron chi connectivity index (χ2n) is 4.09. The van der Waals surface area contributed by atoms with Crippen LogP contribution in [0.2, 0.25) is 0 Å². The number of rotatable bonds is 5. The van der Waals surface area contributed by atoms with Gasteiger partial charge in [-0.3, -0.25) is 0 Å². The third kappa shape index (κ3) is 3.26. The fourth-order valence-electron chi connectivity index (χ4n) is 1.72. The molecule has 0 aromatic heterocycles. The monoisotopic (exact) mass is 276 g/mol. The molecule has 0 heterocycles. The molecule has 0 unspecified atom stereocenters. The Kier molecular flexibility index (Phi) is 4.20. The average Bonchev–Trinajstić information content (AvgIpc) is 2.45. The van der Waals surface area contributed by atoms with E-state index in [1.165, 1.54) is 31.4 Å². The van der Waals surface area contributed by atoms with Crippen LogP contribution in [0.15, 0.2) is 42.5 Å². The van der Waals surface area contributed by atoms with Crippen LogP contribution in [-0.4, -0.2) is 18.2 Å². The number of aromatic carboxylic acids is 1. The van der Waals surface area contributed by atoms with Crippen LogP contribution in [0.4, 0.5) is 4.39 Å². The SMILES string of the molecule is COc1ccc(OCc2cccc(F)c2)c(C(=O)O)c1. The molecule has 0 spiro atoms. The molecule has 0 atom stereocenters. The number of ether oxygens (including phenoxy) is 2. The summed E-state index contributed by atoms with van der Waals surface area (Å²) in [5.41, 5.74) is 0.623. The predicted molar refractivity (Wildman–Crippen MR) is 70.7 cm³/mol. The highest BCUT2D eigenvalue weighted by Crippen LogP contribution is 2.25. The van der Waals surface area contributed by atoms with Gasteiger partial charge >= 0.3 is 5.97 Å². The highest BCUT2D eigenvalue weighted by Gasteiger charge is 2.13. The van der Waals surface area contributed by atoms with E-state index in [1.807, 2.05) is 0 Å². The zero-order chi connectivity index (χ0) is 14.5. The van der Waals surface area contributed by atoms with Crippen LogP contribution in [0.5, 0.6) is 11.5 Å². The summed E-state index contributed by atoms with van der Waals surface area (Å²) in [7, 11) is 1.45. The third-order valence-corrected chi connectivity index (χ3v) is 2.70. The lowest BCUT2D eigenvalue weighted by Gasteiger charge is -2.10. The first kappa shape index (κ1) is 13.9. The molecule has 1 N–H and O–H groups in total. The van der Waals surface area contributed by atoms with Crippen molar-refractivity contribution in [1.82, 2.24) is 0 Å². The van der Waals surface area contributed by atoms with Gasteiger partial charge in [-0.15, -0.1) is 0 Å². The van der Waals surface area contributed by atoms with Gasteiger partial charge in [0.2, 0.25) is 0 Å². The summed E-state index contributed by atoms with van der Waals surface area (Å²) in [6.45, 7) is 0.0877. The summed E-state index contributed by atoms with van der Waals surface area (Å²) in [4.78, 5) is 11.2. The van der Waals surface area contributed by atoms with Crippen molar-refractivity contribution in [3.05, 3.63) is 59.4 Å². The van der Waals surface area contributed by atoms with E-state index in [0.29, 0.717) is 11.3 Å². The largest absolute Gasteiger partial charge is 0.497 e. The maximum absolute atomic E-state index is 13.0. The minimum Gasteiger partial charge on any atom is -0.497 e. The summed E-state index contributed by atoms with van der Waals surface area (Å²) >= 11 is 0. The molecule has 0 bridgehead atoms. The van der Waals surface area contributed by atoms with Crippen molar-refractivity contribution in [2.45, 2.75) is 6.61 Å². The average molecular weight is 276 g/mol. The van der Waals surface area contributed by atoms with Gasteiger partial charge in [-0.2, -0.15) is 0 Å². The number of carboxylic acids is 1. The molecule has 20 heavy (non-hydrogen) atoms. The van der Waals surface area contributed by atoms with Crippen molar-refractivity contribution in [3.63, 3.8) is 0 Å². The van der Waals surface area contributed by atoms with Gasteiger partial charge in [-0.05, 0) is 35.9 Å². The molecule has 0 saturated heterocycles. The predicted octanol–water partition coefficient (Wildman–Crippen LogP) is 3.11. The molecular weight excluding hydrogens is 263 g/mol. The van der Waals surface area contributed by atoms with Gasteiger partial charge in [0.15, 0.2) is 0 Å². The Morgan fingerprint density at radius 3 is 2.70 bits per heavy atom. The first-order valence-corrected chi connectivity index (χ1v) is 5.88. The summed E-state index contributed by atoms with van der Waals surface area (Å²) in [6, 6.07) is 10.4. The molecule has 2 aromatic rings. The highest BCUT2D eigenvalue weighted by atomic mass is 19.1. The number of hydrogen-bond acceptors (Lipinski definition) is 3. The van der Waals surface area contributed by atoms with E-state index < -0.39 is 5.97 Å². The Bertz CT molecular complexity index is 625. The van der Waals surface area contributed by atoms with Crippen molar-refractivity contribution >= 4 is 5.97 Å². The van der Waals surface area contributed by atoms with Crippen LogP contribution in [0, 0.1) is 5.82 Å². The van der Waals surface area contributed by atoms with Gasteiger partial charge in [0, 0.05) is 0 Å². The van der Waals surface area contributed by atoms with Gasteiger partial charge in [-0.1, -0.05) is 12.1 Å². The van der Waals surface area contributed by atoms with Crippen molar-refractivity contribution in [1.29, 1.82) is 0 Å². The van der Waals surface area contributed by atoms with Crippen LogP contribution in [0.25, 0.3) is 0 Å².